The molecule has 3 rings (SSSR count). The van der Waals surface area contributed by atoms with Crippen molar-refractivity contribution in [3.63, 3.8) is 0 Å². The predicted octanol–water partition coefficient (Wildman–Crippen LogP) is 4.00. The van der Waals surface area contributed by atoms with E-state index in [1.807, 2.05) is 0 Å². The van der Waals surface area contributed by atoms with E-state index in [1.165, 1.54) is 0 Å². The van der Waals surface area contributed by atoms with Gasteiger partial charge in [-0.25, -0.2) is 8.42 Å². The van der Waals surface area contributed by atoms with Crippen LogP contribution in [0.3, 0.4) is 0 Å². The Morgan fingerprint density at radius 1 is 1.04 bits per heavy atom. The minimum absolute atomic E-state index is 0.0771. The highest BCUT2D eigenvalue weighted by atomic mass is 35.5. The molecular formula is C19H19Cl2NO3S. The third-order valence-corrected chi connectivity index (χ3v) is 7.56. The summed E-state index contributed by atoms with van der Waals surface area (Å²) < 4.78 is 25.4. The molecule has 1 fully saturated rings. The molecule has 1 aliphatic heterocycles. The molecule has 0 bridgehead atoms. The van der Waals surface area contributed by atoms with Crippen LogP contribution in [-0.2, 0) is 21.1 Å². The lowest BCUT2D eigenvalue weighted by Gasteiger charge is -2.17. The molecule has 2 aromatic rings. The highest BCUT2D eigenvalue weighted by molar-refractivity contribution is 7.92. The van der Waals surface area contributed by atoms with Gasteiger partial charge in [-0.3, -0.25) is 4.79 Å². The Morgan fingerprint density at radius 3 is 2.35 bits per heavy atom. The van der Waals surface area contributed by atoms with Crippen molar-refractivity contribution in [1.29, 1.82) is 0 Å². The van der Waals surface area contributed by atoms with Gasteiger partial charge in [0.2, 0.25) is 5.91 Å². The summed E-state index contributed by atoms with van der Waals surface area (Å²) in [5.41, 5.74) is 0.747. The summed E-state index contributed by atoms with van der Waals surface area (Å²) in [7, 11) is -3.42. The number of rotatable bonds is 5. The Kier molecular flexibility index (Phi) is 5.90. The van der Waals surface area contributed by atoms with Crippen molar-refractivity contribution < 1.29 is 13.2 Å². The number of sulfone groups is 1. The molecule has 0 radical (unpaired) electrons. The van der Waals surface area contributed by atoms with E-state index in [2.05, 4.69) is 0 Å². The molecule has 7 heteroatoms. The summed E-state index contributed by atoms with van der Waals surface area (Å²) in [6.07, 6.45) is 1.14. The highest BCUT2D eigenvalue weighted by Gasteiger charge is 2.35. The van der Waals surface area contributed by atoms with Gasteiger partial charge in [0.25, 0.3) is 0 Å². The van der Waals surface area contributed by atoms with Crippen molar-refractivity contribution in [2.24, 2.45) is 0 Å². The van der Waals surface area contributed by atoms with Crippen LogP contribution < -0.4 is 0 Å². The van der Waals surface area contributed by atoms with E-state index in [1.54, 1.807) is 53.4 Å². The van der Waals surface area contributed by atoms with Gasteiger partial charge in [-0.2, -0.15) is 0 Å². The number of amides is 1. The van der Waals surface area contributed by atoms with Crippen LogP contribution in [0.1, 0.15) is 18.4 Å². The second kappa shape index (κ2) is 7.99. The largest absolute Gasteiger partial charge is 0.341 e. The first-order valence-corrected chi connectivity index (χ1v) is 10.7. The van der Waals surface area contributed by atoms with Gasteiger partial charge in [0, 0.05) is 29.6 Å². The number of carbonyl (C=O) groups excluding carboxylic acids is 1. The number of hydrogen-bond donors (Lipinski definition) is 0. The first-order chi connectivity index (χ1) is 12.4. The molecule has 0 saturated carbocycles. The molecule has 1 aliphatic rings. The normalized spacial score (nSPS) is 17.5. The maximum Gasteiger partial charge on any atom is 0.222 e. The van der Waals surface area contributed by atoms with Crippen molar-refractivity contribution in [2.75, 3.05) is 13.1 Å². The lowest BCUT2D eigenvalue weighted by molar-refractivity contribution is -0.130. The average Bonchev–Trinajstić information content (AvgIpc) is 3.13. The van der Waals surface area contributed by atoms with Crippen LogP contribution in [0.15, 0.2) is 53.4 Å². The highest BCUT2D eigenvalue weighted by Crippen LogP contribution is 2.27. The van der Waals surface area contributed by atoms with Crippen molar-refractivity contribution >= 4 is 38.9 Å². The predicted molar refractivity (Wildman–Crippen MR) is 103 cm³/mol. The number of halogens is 2. The number of carbonyl (C=O) groups is 1. The van der Waals surface area contributed by atoms with Gasteiger partial charge < -0.3 is 4.90 Å². The topological polar surface area (TPSA) is 54.5 Å². The molecule has 26 heavy (non-hydrogen) atoms. The molecular weight excluding hydrogens is 393 g/mol. The number of likely N-dealkylation sites (tertiary alicyclic amines) is 1. The van der Waals surface area contributed by atoms with Crippen LogP contribution in [-0.4, -0.2) is 37.6 Å². The van der Waals surface area contributed by atoms with Gasteiger partial charge >= 0.3 is 0 Å². The van der Waals surface area contributed by atoms with E-state index >= 15 is 0 Å². The Hall–Kier alpha value is -1.56. The zero-order valence-corrected chi connectivity index (χ0v) is 16.4. The van der Waals surface area contributed by atoms with Gasteiger partial charge in [-0.05, 0) is 42.7 Å². The van der Waals surface area contributed by atoms with Crippen molar-refractivity contribution in [2.45, 2.75) is 29.4 Å². The van der Waals surface area contributed by atoms with Crippen molar-refractivity contribution in [3.8, 4) is 0 Å². The lowest BCUT2D eigenvalue weighted by Crippen LogP contribution is -2.32. The Bertz CT molecular complexity index is 880. The number of nitrogens with zero attached hydrogens (tertiary/aromatic N) is 1. The third kappa shape index (κ3) is 4.05. The molecule has 4 nitrogen and oxygen atoms in total. The standard InChI is InChI=1S/C19H19Cl2NO3S/c20-17-7-4-8-18(21)16(17)9-10-19(23)22-12-11-15(13-22)26(24,25)14-5-2-1-3-6-14/h1-8,15H,9-13H2. The van der Waals surface area contributed by atoms with Crippen LogP contribution in [0.5, 0.6) is 0 Å². The third-order valence-electron chi connectivity index (χ3n) is 4.66. The van der Waals surface area contributed by atoms with Crippen LogP contribution in [0.25, 0.3) is 0 Å². The Labute approximate surface area is 163 Å². The molecule has 0 spiro atoms. The van der Waals surface area contributed by atoms with E-state index in [4.69, 9.17) is 23.2 Å². The molecule has 0 N–H and O–H groups in total. The molecule has 1 atom stereocenters. The fourth-order valence-corrected chi connectivity index (χ4v) is 5.47. The molecule has 1 saturated heterocycles. The second-order valence-electron chi connectivity index (χ2n) is 6.31. The zero-order valence-electron chi connectivity index (χ0n) is 14.1. The summed E-state index contributed by atoms with van der Waals surface area (Å²) in [5.74, 6) is -0.0771. The molecule has 0 aliphatic carbocycles. The number of benzene rings is 2. The van der Waals surface area contributed by atoms with Gasteiger partial charge in [-0.15, -0.1) is 0 Å². The van der Waals surface area contributed by atoms with Crippen LogP contribution in [0.4, 0.5) is 0 Å². The Morgan fingerprint density at radius 2 is 1.69 bits per heavy atom. The van der Waals surface area contributed by atoms with E-state index in [-0.39, 0.29) is 18.9 Å². The van der Waals surface area contributed by atoms with Crippen molar-refractivity contribution in [3.05, 3.63) is 64.1 Å². The SMILES string of the molecule is O=C(CCc1c(Cl)cccc1Cl)N1CCC(S(=O)(=O)c2ccccc2)C1. The summed E-state index contributed by atoms with van der Waals surface area (Å²) in [4.78, 5) is 14.4. The van der Waals surface area contributed by atoms with E-state index in [9.17, 15) is 13.2 Å². The van der Waals surface area contributed by atoms with Crippen LogP contribution in [0, 0.1) is 0 Å². The monoisotopic (exact) mass is 411 g/mol. The maximum atomic E-state index is 12.7. The first-order valence-electron chi connectivity index (χ1n) is 8.39. The van der Waals surface area contributed by atoms with Crippen LogP contribution >= 0.6 is 23.2 Å². The average molecular weight is 412 g/mol. The minimum Gasteiger partial charge on any atom is -0.341 e. The smallest absolute Gasteiger partial charge is 0.222 e. The number of hydrogen-bond acceptors (Lipinski definition) is 3. The van der Waals surface area contributed by atoms with Gasteiger partial charge in [0.1, 0.15) is 0 Å². The maximum absolute atomic E-state index is 12.7. The van der Waals surface area contributed by atoms with Crippen LogP contribution in [0.2, 0.25) is 10.0 Å². The summed E-state index contributed by atoms with van der Waals surface area (Å²) >= 11 is 12.3. The lowest BCUT2D eigenvalue weighted by atomic mass is 10.1. The van der Waals surface area contributed by atoms with E-state index < -0.39 is 15.1 Å². The summed E-state index contributed by atoms with van der Waals surface area (Å²) in [5, 5.41) is 0.519. The van der Waals surface area contributed by atoms with Gasteiger partial charge in [0.15, 0.2) is 9.84 Å². The first kappa shape index (κ1) is 19.2. The molecule has 0 aromatic heterocycles. The molecule has 1 amide bonds. The fourth-order valence-electron chi connectivity index (χ4n) is 3.17. The molecule has 2 aromatic carbocycles. The van der Waals surface area contributed by atoms with E-state index in [0.29, 0.717) is 34.3 Å². The van der Waals surface area contributed by atoms with Gasteiger partial charge in [0.05, 0.1) is 10.1 Å². The summed E-state index contributed by atoms with van der Waals surface area (Å²) in [6.45, 7) is 0.679. The summed E-state index contributed by atoms with van der Waals surface area (Å²) in [6, 6.07) is 13.6. The molecule has 1 unspecified atom stereocenters. The molecule has 138 valence electrons. The molecule has 1 heterocycles. The van der Waals surface area contributed by atoms with Crippen molar-refractivity contribution in [1.82, 2.24) is 4.90 Å². The quantitative estimate of drug-likeness (QED) is 0.746. The zero-order chi connectivity index (χ0) is 18.7. The second-order valence-corrected chi connectivity index (χ2v) is 9.35. The van der Waals surface area contributed by atoms with E-state index in [0.717, 1.165) is 5.56 Å². The van der Waals surface area contributed by atoms with Gasteiger partial charge in [-0.1, -0.05) is 47.5 Å². The minimum atomic E-state index is -3.42. The fraction of sp³-hybridized carbons (Fsp3) is 0.316. The Balaban J connectivity index is 1.63.